The molecule has 0 amide bonds. The van der Waals surface area contributed by atoms with E-state index in [1.54, 1.807) is 6.08 Å². The van der Waals surface area contributed by atoms with E-state index in [1.807, 2.05) is 31.3 Å². The monoisotopic (exact) mass is 227 g/mol. The fraction of sp³-hybridized carbons (Fsp3) is 0.267. The second-order valence-electron chi connectivity index (χ2n) is 4.52. The van der Waals surface area contributed by atoms with Gasteiger partial charge in [0.2, 0.25) is 0 Å². The Morgan fingerprint density at radius 3 is 2.59 bits per heavy atom. The minimum atomic E-state index is 0.0828. The first-order chi connectivity index (χ1) is 8.10. The van der Waals surface area contributed by atoms with Gasteiger partial charge in [0, 0.05) is 25.9 Å². The van der Waals surface area contributed by atoms with Crippen LogP contribution in [-0.2, 0) is 11.2 Å². The van der Waals surface area contributed by atoms with E-state index in [0.717, 1.165) is 22.4 Å². The van der Waals surface area contributed by atoms with Crippen molar-refractivity contribution in [2.45, 2.75) is 13.3 Å². The Bertz CT molecular complexity index is 594. The molecule has 2 heteroatoms. The molecule has 2 rings (SSSR count). The summed E-state index contributed by atoms with van der Waals surface area (Å²) in [5, 5.41) is 2.15. The molecule has 0 bridgehead atoms. The summed E-state index contributed by atoms with van der Waals surface area (Å²) in [6.45, 7) is 2.12. The average molecular weight is 227 g/mol. The smallest absolute Gasteiger partial charge is 0.187 e. The Kier molecular flexibility index (Phi) is 3.14. The molecule has 0 unspecified atom stereocenters. The average Bonchev–Trinajstić information content (AvgIpc) is 2.29. The lowest BCUT2D eigenvalue weighted by Crippen LogP contribution is -2.30. The summed E-state index contributed by atoms with van der Waals surface area (Å²) in [6, 6.07) is 6.29. The highest BCUT2D eigenvalue weighted by Gasteiger charge is 2.08. The predicted octanol–water partition coefficient (Wildman–Crippen LogP) is 0.838. The van der Waals surface area contributed by atoms with Gasteiger partial charge < -0.3 is 4.90 Å². The summed E-state index contributed by atoms with van der Waals surface area (Å²) in [5.74, 6) is 0.0828. The first-order valence-corrected chi connectivity index (χ1v) is 5.85. The Hall–Kier alpha value is -1.83. The number of ketones is 1. The van der Waals surface area contributed by atoms with Gasteiger partial charge in [-0.2, -0.15) is 0 Å². The summed E-state index contributed by atoms with van der Waals surface area (Å²) in [5.41, 5.74) is 2.01. The van der Waals surface area contributed by atoms with Crippen LogP contribution < -0.4 is 10.4 Å². The quantitative estimate of drug-likeness (QED) is 0.698. The molecule has 0 aliphatic heterocycles. The van der Waals surface area contributed by atoms with Crippen molar-refractivity contribution in [3.8, 4) is 0 Å². The van der Waals surface area contributed by atoms with Crippen molar-refractivity contribution in [3.63, 3.8) is 0 Å². The van der Waals surface area contributed by atoms with Crippen LogP contribution in [0.3, 0.4) is 0 Å². The largest absolute Gasteiger partial charge is 0.383 e. The number of aryl methyl sites for hydroxylation is 1. The summed E-state index contributed by atoms with van der Waals surface area (Å²) in [6.07, 6.45) is 6.53. The highest BCUT2D eigenvalue weighted by Crippen LogP contribution is 2.04. The van der Waals surface area contributed by atoms with E-state index in [2.05, 4.69) is 25.1 Å². The van der Waals surface area contributed by atoms with Gasteiger partial charge in [0.1, 0.15) is 0 Å². The van der Waals surface area contributed by atoms with Crippen molar-refractivity contribution in [1.82, 2.24) is 4.90 Å². The van der Waals surface area contributed by atoms with Gasteiger partial charge in [0.25, 0.3) is 0 Å². The van der Waals surface area contributed by atoms with Gasteiger partial charge >= 0.3 is 0 Å². The van der Waals surface area contributed by atoms with E-state index in [9.17, 15) is 4.79 Å². The zero-order valence-corrected chi connectivity index (χ0v) is 10.5. The van der Waals surface area contributed by atoms with Crippen molar-refractivity contribution in [2.75, 3.05) is 14.1 Å². The van der Waals surface area contributed by atoms with Crippen molar-refractivity contribution >= 4 is 17.9 Å². The Morgan fingerprint density at radius 2 is 1.94 bits per heavy atom. The molecule has 1 aliphatic rings. The van der Waals surface area contributed by atoms with Gasteiger partial charge in [-0.15, -0.1) is 0 Å². The molecule has 0 atom stereocenters. The molecule has 17 heavy (non-hydrogen) atoms. The van der Waals surface area contributed by atoms with Crippen LogP contribution >= 0.6 is 0 Å². The van der Waals surface area contributed by atoms with Crippen LogP contribution in [0.5, 0.6) is 0 Å². The van der Waals surface area contributed by atoms with Crippen LogP contribution in [0.25, 0.3) is 12.2 Å². The minimum Gasteiger partial charge on any atom is -0.383 e. The number of hydrogen-bond donors (Lipinski definition) is 0. The third-order valence-electron chi connectivity index (χ3n) is 2.84. The molecule has 0 heterocycles. The van der Waals surface area contributed by atoms with Crippen LogP contribution in [-0.4, -0.2) is 24.8 Å². The second kappa shape index (κ2) is 4.58. The first kappa shape index (κ1) is 11.6. The van der Waals surface area contributed by atoms with Crippen LogP contribution in [0, 0.1) is 0 Å². The van der Waals surface area contributed by atoms with Crippen molar-refractivity contribution in [3.05, 3.63) is 46.0 Å². The maximum Gasteiger partial charge on any atom is 0.187 e. The van der Waals surface area contributed by atoms with Crippen molar-refractivity contribution < 1.29 is 4.79 Å². The fourth-order valence-electron chi connectivity index (χ4n) is 1.94. The third kappa shape index (κ3) is 2.47. The van der Waals surface area contributed by atoms with E-state index in [-0.39, 0.29) is 5.78 Å². The number of carbonyl (C=O) groups is 1. The lowest BCUT2D eigenvalue weighted by molar-refractivity contribution is -0.109. The van der Waals surface area contributed by atoms with E-state index < -0.39 is 0 Å². The maximum absolute atomic E-state index is 11.9. The molecule has 0 spiro atoms. The van der Waals surface area contributed by atoms with Crippen molar-refractivity contribution in [2.24, 2.45) is 0 Å². The molecular weight excluding hydrogens is 210 g/mol. The Morgan fingerprint density at radius 1 is 1.18 bits per heavy atom. The lowest BCUT2D eigenvalue weighted by Gasteiger charge is -2.09. The topological polar surface area (TPSA) is 20.3 Å². The molecule has 0 aromatic heterocycles. The van der Waals surface area contributed by atoms with Gasteiger partial charge in [-0.1, -0.05) is 25.1 Å². The zero-order chi connectivity index (χ0) is 12.4. The molecule has 0 radical (unpaired) electrons. The molecule has 0 saturated heterocycles. The van der Waals surface area contributed by atoms with E-state index in [4.69, 9.17) is 0 Å². The molecule has 0 saturated carbocycles. The number of allylic oxidation sites excluding steroid dienone is 1. The minimum absolute atomic E-state index is 0.0828. The molecule has 0 N–H and O–H groups in total. The number of nitrogens with zero attached hydrogens (tertiary/aromatic N) is 1. The van der Waals surface area contributed by atoms with E-state index >= 15 is 0 Å². The molecule has 0 fully saturated rings. The number of carbonyl (C=O) groups excluding carboxylic acids is 1. The predicted molar refractivity (Wildman–Crippen MR) is 70.8 cm³/mol. The summed E-state index contributed by atoms with van der Waals surface area (Å²) < 4.78 is 0. The summed E-state index contributed by atoms with van der Waals surface area (Å²) >= 11 is 0. The number of Topliss-reactive ketones (excluding diaryl/α,β-unsaturated/α-hetero) is 1. The van der Waals surface area contributed by atoms with Gasteiger partial charge in [-0.05, 0) is 34.6 Å². The molecular formula is C15H17NO. The van der Waals surface area contributed by atoms with Crippen LogP contribution in [0.4, 0.5) is 0 Å². The SMILES string of the molecule is CCc1ccc2c(c1)=CC(=O)C(=CN(C)C)C=2. The molecule has 1 aliphatic carbocycles. The summed E-state index contributed by atoms with van der Waals surface area (Å²) in [4.78, 5) is 13.8. The lowest BCUT2D eigenvalue weighted by atomic mass is 10.0. The molecule has 1 aromatic rings. The van der Waals surface area contributed by atoms with Gasteiger partial charge in [-0.25, -0.2) is 0 Å². The third-order valence-corrected chi connectivity index (χ3v) is 2.84. The Labute approximate surface area is 102 Å². The van der Waals surface area contributed by atoms with Crippen molar-refractivity contribution in [1.29, 1.82) is 0 Å². The van der Waals surface area contributed by atoms with Crippen LogP contribution in [0.15, 0.2) is 30.0 Å². The maximum atomic E-state index is 11.9. The first-order valence-electron chi connectivity index (χ1n) is 5.85. The van der Waals surface area contributed by atoms with E-state index in [0.29, 0.717) is 0 Å². The van der Waals surface area contributed by atoms with Gasteiger partial charge in [0.05, 0.1) is 0 Å². The number of hydrogen-bond acceptors (Lipinski definition) is 2. The molecule has 88 valence electrons. The van der Waals surface area contributed by atoms with E-state index in [1.165, 1.54) is 5.56 Å². The molecule has 1 aromatic carbocycles. The van der Waals surface area contributed by atoms with Crippen LogP contribution in [0.1, 0.15) is 12.5 Å². The highest BCUT2D eigenvalue weighted by molar-refractivity contribution is 6.22. The number of benzene rings is 1. The number of fused-ring (bicyclic) bond motifs is 1. The second-order valence-corrected chi connectivity index (χ2v) is 4.52. The fourth-order valence-corrected chi connectivity index (χ4v) is 1.94. The highest BCUT2D eigenvalue weighted by atomic mass is 16.1. The zero-order valence-electron chi connectivity index (χ0n) is 10.5. The van der Waals surface area contributed by atoms with Gasteiger partial charge in [0.15, 0.2) is 5.78 Å². The standard InChI is InChI=1S/C15H17NO/c1-4-11-5-6-12-8-14(10-16(2)3)15(17)9-13(12)7-11/h5-10H,4H2,1-3H3. The number of rotatable bonds is 2. The van der Waals surface area contributed by atoms with Gasteiger partial charge in [-0.3, -0.25) is 4.79 Å². The van der Waals surface area contributed by atoms with Crippen LogP contribution in [0.2, 0.25) is 0 Å². The summed E-state index contributed by atoms with van der Waals surface area (Å²) in [7, 11) is 3.84. The normalized spacial score (nSPS) is 16.2. The Balaban J connectivity index is 2.58. The molecule has 2 nitrogen and oxygen atoms in total.